The first-order valence-electron chi connectivity index (χ1n) is 10.9. The lowest BCUT2D eigenvalue weighted by atomic mass is 9.94. The van der Waals surface area contributed by atoms with Gasteiger partial charge in [0.1, 0.15) is 24.3 Å². The van der Waals surface area contributed by atoms with Crippen LogP contribution in [0, 0.1) is 5.82 Å². The zero-order valence-corrected chi connectivity index (χ0v) is 18.9. The highest BCUT2D eigenvalue weighted by molar-refractivity contribution is 6.02. The number of ether oxygens (including phenoxy) is 3. The number of methoxy groups -OCH3 is 1. The van der Waals surface area contributed by atoms with E-state index in [9.17, 15) is 18.8 Å². The van der Waals surface area contributed by atoms with Gasteiger partial charge in [-0.05, 0) is 43.2 Å². The summed E-state index contributed by atoms with van der Waals surface area (Å²) in [5.74, 6) is -0.824. The number of likely N-dealkylation sites (N-methyl/N-ethyl adjacent to an activating group) is 1. The van der Waals surface area contributed by atoms with Gasteiger partial charge in [0.15, 0.2) is 0 Å². The van der Waals surface area contributed by atoms with E-state index in [1.54, 1.807) is 30.1 Å². The number of nitrogens with zero attached hydrogens (tertiary/aromatic N) is 1. The average molecular weight is 471 g/mol. The van der Waals surface area contributed by atoms with Crippen molar-refractivity contribution in [3.63, 3.8) is 0 Å². The Labute approximate surface area is 196 Å². The number of hydrogen-bond donors (Lipinski definition) is 2. The standard InChI is InChI=1S/C24H26FN3O6/c1-28-19-9-8-15(12-22(29)32-2)34-21(19)13-33-20-10-7-14(11-16(20)23(28)30)26-24(31)27-18-6-4-3-5-17(18)25/h3-7,10-11,15,19,21H,8-9,12-13H2,1-2H3,(H2,26,27,31)/t15-,19+,21+/m1/s1. The van der Waals surface area contributed by atoms with Gasteiger partial charge in [0.25, 0.3) is 5.91 Å². The van der Waals surface area contributed by atoms with Crippen molar-refractivity contribution in [3.05, 3.63) is 53.8 Å². The highest BCUT2D eigenvalue weighted by Gasteiger charge is 2.39. The van der Waals surface area contributed by atoms with E-state index in [0.29, 0.717) is 29.8 Å². The van der Waals surface area contributed by atoms with Crippen molar-refractivity contribution in [2.75, 3.05) is 31.4 Å². The van der Waals surface area contributed by atoms with Gasteiger partial charge in [0.05, 0.1) is 36.9 Å². The minimum atomic E-state index is -0.644. The number of esters is 1. The van der Waals surface area contributed by atoms with E-state index in [-0.39, 0.29) is 42.7 Å². The summed E-state index contributed by atoms with van der Waals surface area (Å²) in [6.07, 6.45) is 0.723. The number of nitrogens with one attached hydrogen (secondary N) is 2. The van der Waals surface area contributed by atoms with Gasteiger partial charge >= 0.3 is 12.0 Å². The second kappa shape index (κ2) is 10.1. The highest BCUT2D eigenvalue weighted by atomic mass is 19.1. The van der Waals surface area contributed by atoms with E-state index in [1.165, 1.54) is 31.4 Å². The van der Waals surface area contributed by atoms with E-state index in [4.69, 9.17) is 14.2 Å². The summed E-state index contributed by atoms with van der Waals surface area (Å²) in [7, 11) is 3.03. The van der Waals surface area contributed by atoms with Crippen molar-refractivity contribution < 1.29 is 33.0 Å². The normalized spacial score (nSPS) is 21.8. The molecular weight excluding hydrogens is 445 g/mol. The third-order valence-electron chi connectivity index (χ3n) is 6.01. The SMILES string of the molecule is COC(=O)C[C@H]1CC[C@H]2[C@H](COc3ccc(NC(=O)Nc4ccccc4F)cc3C(=O)N2C)O1. The molecule has 0 unspecified atom stereocenters. The molecule has 3 amide bonds. The van der Waals surface area contributed by atoms with Crippen LogP contribution in [0.1, 0.15) is 29.6 Å². The quantitative estimate of drug-likeness (QED) is 0.662. The van der Waals surface area contributed by atoms with Gasteiger partial charge in [-0.1, -0.05) is 12.1 Å². The monoisotopic (exact) mass is 471 g/mol. The van der Waals surface area contributed by atoms with Crippen LogP contribution in [-0.2, 0) is 14.3 Å². The summed E-state index contributed by atoms with van der Waals surface area (Å²) in [6.45, 7) is 0.202. The van der Waals surface area contributed by atoms with Gasteiger partial charge in [-0.15, -0.1) is 0 Å². The van der Waals surface area contributed by atoms with Crippen LogP contribution in [0.4, 0.5) is 20.6 Å². The predicted molar refractivity (Wildman–Crippen MR) is 121 cm³/mol. The molecule has 10 heteroatoms. The lowest BCUT2D eigenvalue weighted by Gasteiger charge is -2.42. The molecule has 2 aromatic carbocycles. The number of urea groups is 1. The van der Waals surface area contributed by atoms with E-state index in [1.807, 2.05) is 0 Å². The largest absolute Gasteiger partial charge is 0.490 e. The van der Waals surface area contributed by atoms with Crippen molar-refractivity contribution in [1.82, 2.24) is 4.90 Å². The Balaban J connectivity index is 1.48. The molecule has 0 bridgehead atoms. The summed E-state index contributed by atoms with van der Waals surface area (Å²) in [5.41, 5.74) is 0.689. The van der Waals surface area contributed by atoms with E-state index in [2.05, 4.69) is 10.6 Å². The Morgan fingerprint density at radius 2 is 1.97 bits per heavy atom. The van der Waals surface area contributed by atoms with E-state index >= 15 is 0 Å². The second-order valence-corrected chi connectivity index (χ2v) is 8.22. The fourth-order valence-corrected chi connectivity index (χ4v) is 4.22. The van der Waals surface area contributed by atoms with Gasteiger partial charge < -0.3 is 29.7 Å². The summed E-state index contributed by atoms with van der Waals surface area (Å²) in [6, 6.07) is 9.66. The molecule has 2 aromatic rings. The molecular formula is C24H26FN3O6. The number of amides is 3. The topological polar surface area (TPSA) is 106 Å². The number of benzene rings is 2. The Morgan fingerprint density at radius 1 is 1.18 bits per heavy atom. The van der Waals surface area contributed by atoms with Crippen LogP contribution in [0.2, 0.25) is 0 Å². The Bertz CT molecular complexity index is 1090. The van der Waals surface area contributed by atoms with Crippen LogP contribution >= 0.6 is 0 Å². The maximum absolute atomic E-state index is 13.8. The summed E-state index contributed by atoms with van der Waals surface area (Å²) >= 11 is 0. The molecule has 1 fully saturated rings. The molecule has 0 aromatic heterocycles. The van der Waals surface area contributed by atoms with Crippen LogP contribution in [0.15, 0.2) is 42.5 Å². The van der Waals surface area contributed by atoms with Crippen LogP contribution in [-0.4, -0.2) is 61.8 Å². The first-order chi connectivity index (χ1) is 16.4. The number of hydrogen-bond acceptors (Lipinski definition) is 6. The van der Waals surface area contributed by atoms with Crippen molar-refractivity contribution in [3.8, 4) is 5.75 Å². The minimum Gasteiger partial charge on any atom is -0.490 e. The molecule has 2 heterocycles. The average Bonchev–Trinajstić information content (AvgIpc) is 2.83. The molecule has 34 heavy (non-hydrogen) atoms. The van der Waals surface area contributed by atoms with E-state index < -0.39 is 18.0 Å². The maximum atomic E-state index is 13.8. The molecule has 2 aliphatic rings. The number of carbonyl (C=O) groups is 3. The lowest BCUT2D eigenvalue weighted by molar-refractivity contribution is -0.151. The van der Waals surface area contributed by atoms with E-state index in [0.717, 1.165) is 0 Å². The molecule has 2 N–H and O–H groups in total. The molecule has 0 spiro atoms. The number of fused-ring (bicyclic) bond motifs is 2. The first-order valence-corrected chi connectivity index (χ1v) is 10.9. The minimum absolute atomic E-state index is 0.0410. The number of para-hydroxylation sites is 1. The predicted octanol–water partition coefficient (Wildman–Crippen LogP) is 3.41. The molecule has 2 aliphatic heterocycles. The fraction of sp³-hybridized carbons (Fsp3) is 0.375. The molecule has 0 radical (unpaired) electrons. The van der Waals surface area contributed by atoms with Gasteiger partial charge in [-0.25, -0.2) is 9.18 Å². The Kier molecular flexibility index (Phi) is 6.97. The van der Waals surface area contributed by atoms with Crippen molar-refractivity contribution in [2.24, 2.45) is 0 Å². The zero-order valence-electron chi connectivity index (χ0n) is 18.9. The van der Waals surface area contributed by atoms with Crippen LogP contribution in [0.5, 0.6) is 5.75 Å². The third kappa shape index (κ3) is 5.12. The van der Waals surface area contributed by atoms with Crippen LogP contribution < -0.4 is 15.4 Å². The summed E-state index contributed by atoms with van der Waals surface area (Å²) in [4.78, 5) is 38.8. The van der Waals surface area contributed by atoms with Crippen LogP contribution in [0.25, 0.3) is 0 Å². The molecule has 0 saturated carbocycles. The van der Waals surface area contributed by atoms with Crippen molar-refractivity contribution in [1.29, 1.82) is 0 Å². The second-order valence-electron chi connectivity index (χ2n) is 8.22. The molecule has 0 aliphatic carbocycles. The van der Waals surface area contributed by atoms with Crippen molar-refractivity contribution in [2.45, 2.75) is 37.5 Å². The Hall–Kier alpha value is -3.66. The highest BCUT2D eigenvalue weighted by Crippen LogP contribution is 2.32. The van der Waals surface area contributed by atoms with Crippen LogP contribution in [0.3, 0.4) is 0 Å². The smallest absolute Gasteiger partial charge is 0.323 e. The first kappa shape index (κ1) is 23.5. The lowest BCUT2D eigenvalue weighted by Crippen LogP contribution is -2.53. The number of halogens is 1. The third-order valence-corrected chi connectivity index (χ3v) is 6.01. The van der Waals surface area contributed by atoms with Gasteiger partial charge in [-0.3, -0.25) is 9.59 Å². The van der Waals surface area contributed by atoms with Crippen molar-refractivity contribution >= 4 is 29.3 Å². The molecule has 180 valence electrons. The summed E-state index contributed by atoms with van der Waals surface area (Å²) in [5, 5.41) is 5.05. The molecule has 9 nitrogen and oxygen atoms in total. The molecule has 1 saturated heterocycles. The number of rotatable bonds is 4. The molecule has 3 atom stereocenters. The number of carbonyl (C=O) groups excluding carboxylic acids is 3. The Morgan fingerprint density at radius 3 is 2.74 bits per heavy atom. The zero-order chi connectivity index (χ0) is 24.2. The molecule has 4 rings (SSSR count). The summed E-state index contributed by atoms with van der Waals surface area (Å²) < 4.78 is 30.5. The number of anilines is 2. The van der Waals surface area contributed by atoms with Gasteiger partial charge in [0, 0.05) is 12.7 Å². The fourth-order valence-electron chi connectivity index (χ4n) is 4.22. The van der Waals surface area contributed by atoms with Gasteiger partial charge in [-0.2, -0.15) is 0 Å². The maximum Gasteiger partial charge on any atom is 0.323 e. The van der Waals surface area contributed by atoms with Gasteiger partial charge in [0.2, 0.25) is 0 Å².